The molecule has 20 heavy (non-hydrogen) atoms. The number of rotatable bonds is 5. The van der Waals surface area contributed by atoms with Gasteiger partial charge in [0.1, 0.15) is 0 Å². The summed E-state index contributed by atoms with van der Waals surface area (Å²) < 4.78 is 0. The molecule has 5 heteroatoms. The molecule has 0 radical (unpaired) electrons. The van der Waals surface area contributed by atoms with Gasteiger partial charge in [0.25, 0.3) is 0 Å². The molecule has 1 saturated carbocycles. The number of amides is 1. The summed E-state index contributed by atoms with van der Waals surface area (Å²) in [5, 5.41) is 19.4. The highest BCUT2D eigenvalue weighted by atomic mass is 16.3. The van der Waals surface area contributed by atoms with Gasteiger partial charge in [-0.15, -0.1) is 0 Å². The van der Waals surface area contributed by atoms with E-state index in [1.54, 1.807) is 0 Å². The summed E-state index contributed by atoms with van der Waals surface area (Å²) in [5.74, 6) is 0.811. The second-order valence-corrected chi connectivity index (χ2v) is 5.88. The molecule has 1 aliphatic rings. The van der Waals surface area contributed by atoms with Gasteiger partial charge in [-0.3, -0.25) is 9.89 Å². The standard InChI is InChI=1S/C15H25N3O2/c1-10-14(11(2)18-17-10)7-15(20)16-8-12-5-3-4-6-13(12)9-19/h12-13,19H,3-9H2,1-2H3,(H,16,20)(H,17,18). The highest BCUT2D eigenvalue weighted by molar-refractivity contribution is 5.79. The van der Waals surface area contributed by atoms with Crippen LogP contribution in [0.2, 0.25) is 0 Å². The Labute approximate surface area is 120 Å². The Morgan fingerprint density at radius 2 is 2.05 bits per heavy atom. The van der Waals surface area contributed by atoms with Crippen LogP contribution < -0.4 is 5.32 Å². The number of H-pyrrole nitrogens is 1. The molecule has 0 bridgehead atoms. The lowest BCUT2D eigenvalue weighted by molar-refractivity contribution is -0.120. The van der Waals surface area contributed by atoms with Crippen LogP contribution in [0.4, 0.5) is 0 Å². The fraction of sp³-hybridized carbons (Fsp3) is 0.733. The first-order valence-corrected chi connectivity index (χ1v) is 7.49. The summed E-state index contributed by atoms with van der Waals surface area (Å²) in [6, 6.07) is 0. The third-order valence-electron chi connectivity index (χ3n) is 4.48. The van der Waals surface area contributed by atoms with Gasteiger partial charge in [-0.25, -0.2) is 0 Å². The van der Waals surface area contributed by atoms with Gasteiger partial charge in [0.2, 0.25) is 5.91 Å². The third kappa shape index (κ3) is 3.60. The van der Waals surface area contributed by atoms with Gasteiger partial charge in [-0.1, -0.05) is 12.8 Å². The van der Waals surface area contributed by atoms with Crippen LogP contribution in [-0.2, 0) is 11.2 Å². The van der Waals surface area contributed by atoms with E-state index >= 15 is 0 Å². The van der Waals surface area contributed by atoms with Gasteiger partial charge in [-0.2, -0.15) is 5.10 Å². The number of nitrogens with one attached hydrogen (secondary N) is 2. The third-order valence-corrected chi connectivity index (χ3v) is 4.48. The average molecular weight is 279 g/mol. The number of aliphatic hydroxyl groups is 1. The Balaban J connectivity index is 1.83. The van der Waals surface area contributed by atoms with Crippen LogP contribution in [0.3, 0.4) is 0 Å². The average Bonchev–Trinajstić information content (AvgIpc) is 2.77. The van der Waals surface area contributed by atoms with Crippen LogP contribution in [0.25, 0.3) is 0 Å². The SMILES string of the molecule is Cc1n[nH]c(C)c1CC(=O)NCC1CCCCC1CO. The van der Waals surface area contributed by atoms with E-state index in [0.29, 0.717) is 24.8 Å². The van der Waals surface area contributed by atoms with Crippen molar-refractivity contribution in [3.05, 3.63) is 17.0 Å². The summed E-state index contributed by atoms with van der Waals surface area (Å²) in [4.78, 5) is 12.0. The molecule has 2 rings (SSSR count). The van der Waals surface area contributed by atoms with Crippen molar-refractivity contribution in [1.29, 1.82) is 0 Å². The van der Waals surface area contributed by atoms with Crippen molar-refractivity contribution in [3.63, 3.8) is 0 Å². The topological polar surface area (TPSA) is 78.0 Å². The predicted octanol–water partition coefficient (Wildman–Crippen LogP) is 1.48. The molecule has 1 fully saturated rings. The van der Waals surface area contributed by atoms with Crippen molar-refractivity contribution >= 4 is 5.91 Å². The first-order chi connectivity index (χ1) is 9.61. The zero-order chi connectivity index (χ0) is 14.5. The number of nitrogens with zero attached hydrogens (tertiary/aromatic N) is 1. The van der Waals surface area contributed by atoms with Crippen molar-refractivity contribution in [3.8, 4) is 0 Å². The van der Waals surface area contributed by atoms with Crippen LogP contribution in [0, 0.1) is 25.7 Å². The minimum atomic E-state index is 0.0415. The highest BCUT2D eigenvalue weighted by Gasteiger charge is 2.24. The number of carbonyl (C=O) groups excluding carboxylic acids is 1. The molecule has 0 spiro atoms. The van der Waals surface area contributed by atoms with Crippen LogP contribution in [-0.4, -0.2) is 34.4 Å². The monoisotopic (exact) mass is 279 g/mol. The van der Waals surface area contributed by atoms with E-state index in [9.17, 15) is 9.90 Å². The van der Waals surface area contributed by atoms with Gasteiger partial charge in [0.05, 0.1) is 12.1 Å². The number of aryl methyl sites for hydroxylation is 2. The van der Waals surface area contributed by atoms with Gasteiger partial charge >= 0.3 is 0 Å². The van der Waals surface area contributed by atoms with Crippen molar-refractivity contribution in [2.24, 2.45) is 11.8 Å². The molecular formula is C15H25N3O2. The lowest BCUT2D eigenvalue weighted by atomic mass is 9.79. The first kappa shape index (κ1) is 15.0. The van der Waals surface area contributed by atoms with Crippen molar-refractivity contribution in [2.75, 3.05) is 13.2 Å². The maximum absolute atomic E-state index is 12.0. The molecule has 0 saturated heterocycles. The molecule has 112 valence electrons. The molecule has 1 aromatic heterocycles. The van der Waals surface area contributed by atoms with E-state index in [4.69, 9.17) is 0 Å². The Morgan fingerprint density at radius 1 is 1.35 bits per heavy atom. The number of aromatic amines is 1. The van der Waals surface area contributed by atoms with Crippen LogP contribution in [0.5, 0.6) is 0 Å². The highest BCUT2D eigenvalue weighted by Crippen LogP contribution is 2.29. The van der Waals surface area contributed by atoms with E-state index < -0.39 is 0 Å². The molecule has 0 aromatic carbocycles. The Hall–Kier alpha value is -1.36. The van der Waals surface area contributed by atoms with Gasteiger partial charge in [0.15, 0.2) is 0 Å². The fourth-order valence-electron chi connectivity index (χ4n) is 3.10. The molecule has 5 nitrogen and oxygen atoms in total. The van der Waals surface area contributed by atoms with Crippen molar-refractivity contribution in [2.45, 2.75) is 46.0 Å². The smallest absolute Gasteiger partial charge is 0.224 e. The summed E-state index contributed by atoms with van der Waals surface area (Å²) in [6.45, 7) is 4.76. The minimum absolute atomic E-state index is 0.0415. The molecule has 1 heterocycles. The lowest BCUT2D eigenvalue weighted by Crippen LogP contribution is -2.36. The molecule has 3 N–H and O–H groups in total. The van der Waals surface area contributed by atoms with E-state index in [2.05, 4.69) is 15.5 Å². The summed E-state index contributed by atoms with van der Waals surface area (Å²) in [7, 11) is 0. The minimum Gasteiger partial charge on any atom is -0.396 e. The first-order valence-electron chi connectivity index (χ1n) is 7.49. The fourth-order valence-corrected chi connectivity index (χ4v) is 3.10. The molecule has 2 atom stereocenters. The largest absolute Gasteiger partial charge is 0.396 e. The number of hydrogen-bond acceptors (Lipinski definition) is 3. The van der Waals surface area contributed by atoms with E-state index in [0.717, 1.165) is 29.8 Å². The van der Waals surface area contributed by atoms with E-state index in [1.807, 2.05) is 13.8 Å². The number of aliphatic hydroxyl groups excluding tert-OH is 1. The second-order valence-electron chi connectivity index (χ2n) is 5.88. The molecule has 1 aliphatic carbocycles. The Kier molecular flexibility index (Phi) is 5.17. The molecule has 1 aromatic rings. The lowest BCUT2D eigenvalue weighted by Gasteiger charge is -2.30. The van der Waals surface area contributed by atoms with Crippen LogP contribution >= 0.6 is 0 Å². The van der Waals surface area contributed by atoms with Gasteiger partial charge < -0.3 is 10.4 Å². The van der Waals surface area contributed by atoms with Gasteiger partial charge in [0, 0.05) is 24.4 Å². The Morgan fingerprint density at radius 3 is 2.65 bits per heavy atom. The molecule has 0 aliphatic heterocycles. The molecular weight excluding hydrogens is 254 g/mol. The maximum atomic E-state index is 12.0. The van der Waals surface area contributed by atoms with Crippen LogP contribution in [0.1, 0.15) is 42.6 Å². The Bertz CT molecular complexity index is 436. The number of hydrogen-bond donors (Lipinski definition) is 3. The number of carbonyl (C=O) groups is 1. The maximum Gasteiger partial charge on any atom is 0.224 e. The van der Waals surface area contributed by atoms with Crippen molar-refractivity contribution < 1.29 is 9.90 Å². The predicted molar refractivity (Wildman–Crippen MR) is 77.3 cm³/mol. The summed E-state index contributed by atoms with van der Waals surface area (Å²) >= 11 is 0. The normalized spacial score (nSPS) is 22.8. The quantitative estimate of drug-likeness (QED) is 0.764. The van der Waals surface area contributed by atoms with Crippen LogP contribution in [0.15, 0.2) is 0 Å². The summed E-state index contributed by atoms with van der Waals surface area (Å²) in [6.07, 6.45) is 4.97. The summed E-state index contributed by atoms with van der Waals surface area (Å²) in [5.41, 5.74) is 2.84. The number of aromatic nitrogens is 2. The van der Waals surface area contributed by atoms with Gasteiger partial charge in [-0.05, 0) is 38.5 Å². The zero-order valence-electron chi connectivity index (χ0n) is 12.4. The van der Waals surface area contributed by atoms with E-state index in [-0.39, 0.29) is 12.5 Å². The zero-order valence-corrected chi connectivity index (χ0v) is 12.4. The van der Waals surface area contributed by atoms with E-state index in [1.165, 1.54) is 12.8 Å². The molecule has 1 amide bonds. The molecule has 2 unspecified atom stereocenters. The van der Waals surface area contributed by atoms with Crippen molar-refractivity contribution in [1.82, 2.24) is 15.5 Å². The second kappa shape index (κ2) is 6.88.